The second kappa shape index (κ2) is 10.3. The van der Waals surface area contributed by atoms with E-state index in [1.807, 2.05) is 12.1 Å². The van der Waals surface area contributed by atoms with E-state index in [2.05, 4.69) is 20.3 Å². The van der Waals surface area contributed by atoms with Crippen molar-refractivity contribution in [3.8, 4) is 0 Å². The number of amides is 2. The predicted molar refractivity (Wildman–Crippen MR) is 134 cm³/mol. The SMILES string of the molecule is C[C@@H](Nc1nc(Cl)nc2c1CN(C(=O)N1CCOC(c3cccnc3)C1)C2)c1cc(N)cc(C(F)(F)F)c1. The highest BCUT2D eigenvalue weighted by atomic mass is 35.5. The normalized spacial score (nSPS) is 18.3. The van der Waals surface area contributed by atoms with Gasteiger partial charge in [0.25, 0.3) is 0 Å². The first-order chi connectivity index (χ1) is 18.1. The highest BCUT2D eigenvalue weighted by Gasteiger charge is 2.35. The van der Waals surface area contributed by atoms with Gasteiger partial charge < -0.3 is 25.6 Å². The zero-order chi connectivity index (χ0) is 27.0. The number of alkyl halides is 3. The van der Waals surface area contributed by atoms with Crippen molar-refractivity contribution in [3.05, 3.63) is 76.0 Å². The standard InChI is InChI=1S/C25H25ClF3N7O2/c1-14(16-7-17(25(27,28)29)9-18(30)8-16)32-22-19-11-36(12-20(19)33-23(26)34-22)24(37)35-5-6-38-21(13-35)15-3-2-4-31-10-15/h2-4,7-10,14,21H,5-6,11-13,30H2,1H3,(H,32,33,34)/t14-,21?/m1/s1. The molecule has 2 aromatic heterocycles. The number of nitrogen functional groups attached to an aromatic ring is 1. The van der Waals surface area contributed by atoms with Crippen LogP contribution in [0, 0.1) is 0 Å². The third-order valence-electron chi connectivity index (χ3n) is 6.58. The largest absolute Gasteiger partial charge is 0.416 e. The van der Waals surface area contributed by atoms with Crippen molar-refractivity contribution in [1.29, 1.82) is 0 Å². The van der Waals surface area contributed by atoms with Gasteiger partial charge in [0.1, 0.15) is 11.9 Å². The number of hydrogen-bond donors (Lipinski definition) is 2. The molecular formula is C25H25ClF3N7O2. The molecule has 2 aliphatic rings. The molecule has 0 saturated carbocycles. The van der Waals surface area contributed by atoms with Crippen molar-refractivity contribution in [2.45, 2.75) is 38.3 Å². The van der Waals surface area contributed by atoms with Gasteiger partial charge in [-0.25, -0.2) is 14.8 Å². The molecule has 200 valence electrons. The molecule has 0 spiro atoms. The van der Waals surface area contributed by atoms with Gasteiger partial charge in [-0.2, -0.15) is 13.2 Å². The fourth-order valence-electron chi connectivity index (χ4n) is 4.65. The Labute approximate surface area is 221 Å². The van der Waals surface area contributed by atoms with Crippen molar-refractivity contribution < 1.29 is 22.7 Å². The topological polar surface area (TPSA) is 110 Å². The van der Waals surface area contributed by atoms with E-state index in [9.17, 15) is 18.0 Å². The number of nitrogens with one attached hydrogen (secondary N) is 1. The second-order valence-corrected chi connectivity index (χ2v) is 9.59. The quantitative estimate of drug-likeness (QED) is 0.356. The Morgan fingerprint density at radius 1 is 1.24 bits per heavy atom. The number of urea groups is 1. The fraction of sp³-hybridized carbons (Fsp3) is 0.360. The average Bonchev–Trinajstić information content (AvgIpc) is 3.32. The minimum absolute atomic E-state index is 0.00120. The van der Waals surface area contributed by atoms with Gasteiger partial charge in [0.2, 0.25) is 5.28 Å². The molecule has 0 bridgehead atoms. The Balaban J connectivity index is 1.32. The van der Waals surface area contributed by atoms with E-state index in [4.69, 9.17) is 22.1 Å². The first kappa shape index (κ1) is 26.0. The smallest absolute Gasteiger partial charge is 0.399 e. The summed E-state index contributed by atoms with van der Waals surface area (Å²) < 4.78 is 45.7. The monoisotopic (exact) mass is 547 g/mol. The number of pyridine rings is 1. The van der Waals surface area contributed by atoms with E-state index < -0.39 is 17.8 Å². The number of nitrogens with zero attached hydrogens (tertiary/aromatic N) is 5. The molecule has 2 atom stereocenters. The molecule has 4 heterocycles. The third kappa shape index (κ3) is 5.46. The lowest BCUT2D eigenvalue weighted by Gasteiger charge is -2.35. The van der Waals surface area contributed by atoms with Crippen molar-refractivity contribution in [1.82, 2.24) is 24.8 Å². The second-order valence-electron chi connectivity index (χ2n) is 9.25. The van der Waals surface area contributed by atoms with Gasteiger partial charge in [-0.05, 0) is 48.4 Å². The number of fused-ring (bicyclic) bond motifs is 1. The van der Waals surface area contributed by atoms with E-state index in [0.717, 1.165) is 17.7 Å². The van der Waals surface area contributed by atoms with Crippen LogP contribution >= 0.6 is 11.6 Å². The summed E-state index contributed by atoms with van der Waals surface area (Å²) in [5.41, 5.74) is 7.36. The first-order valence-electron chi connectivity index (χ1n) is 11.9. The molecular weight excluding hydrogens is 523 g/mol. The Hall–Kier alpha value is -3.64. The van der Waals surface area contributed by atoms with Gasteiger partial charge >= 0.3 is 12.2 Å². The minimum Gasteiger partial charge on any atom is -0.399 e. The summed E-state index contributed by atoms with van der Waals surface area (Å²) in [6.45, 7) is 3.35. The summed E-state index contributed by atoms with van der Waals surface area (Å²) in [6, 6.07) is 6.38. The van der Waals surface area contributed by atoms with E-state index in [0.29, 0.717) is 42.3 Å². The zero-order valence-electron chi connectivity index (χ0n) is 20.4. The number of halogens is 4. The van der Waals surface area contributed by atoms with Gasteiger partial charge in [-0.3, -0.25) is 4.98 Å². The van der Waals surface area contributed by atoms with Crippen LogP contribution in [-0.2, 0) is 24.0 Å². The van der Waals surface area contributed by atoms with Crippen LogP contribution in [0.5, 0.6) is 0 Å². The van der Waals surface area contributed by atoms with Gasteiger partial charge in [0.05, 0.1) is 43.5 Å². The molecule has 38 heavy (non-hydrogen) atoms. The number of hydrogen-bond acceptors (Lipinski definition) is 7. The van der Waals surface area contributed by atoms with E-state index >= 15 is 0 Å². The van der Waals surface area contributed by atoms with Gasteiger partial charge in [-0.15, -0.1) is 0 Å². The first-order valence-corrected chi connectivity index (χ1v) is 12.3. The Kier molecular flexibility index (Phi) is 7.01. The van der Waals surface area contributed by atoms with Crippen LogP contribution in [0.15, 0.2) is 42.7 Å². The van der Waals surface area contributed by atoms with Crippen LogP contribution in [0.2, 0.25) is 5.28 Å². The number of carbonyl (C=O) groups is 1. The molecule has 5 rings (SSSR count). The van der Waals surface area contributed by atoms with Gasteiger partial charge in [0.15, 0.2) is 0 Å². The van der Waals surface area contributed by atoms with Crippen molar-refractivity contribution in [3.63, 3.8) is 0 Å². The lowest BCUT2D eigenvalue weighted by molar-refractivity contribution is -0.137. The molecule has 1 saturated heterocycles. The van der Waals surface area contributed by atoms with Crippen LogP contribution < -0.4 is 11.1 Å². The lowest BCUT2D eigenvalue weighted by atomic mass is 10.0. The third-order valence-corrected chi connectivity index (χ3v) is 6.75. The molecule has 1 unspecified atom stereocenters. The number of aromatic nitrogens is 3. The molecule has 1 aromatic carbocycles. The maximum absolute atomic E-state index is 13.4. The molecule has 13 heteroatoms. The number of rotatable bonds is 4. The Morgan fingerprint density at radius 2 is 2.05 bits per heavy atom. The molecule has 9 nitrogen and oxygen atoms in total. The van der Waals surface area contributed by atoms with Crippen molar-refractivity contribution in [2.24, 2.45) is 0 Å². The van der Waals surface area contributed by atoms with E-state index in [1.54, 1.807) is 29.1 Å². The molecule has 3 aromatic rings. The highest BCUT2D eigenvalue weighted by molar-refractivity contribution is 6.28. The maximum atomic E-state index is 13.4. The number of nitrogens with two attached hydrogens (primary N) is 1. The summed E-state index contributed by atoms with van der Waals surface area (Å²) in [6.07, 6.45) is -1.41. The van der Waals surface area contributed by atoms with Crippen LogP contribution in [0.1, 0.15) is 47.0 Å². The summed E-state index contributed by atoms with van der Waals surface area (Å²) in [5, 5.41) is 3.11. The average molecular weight is 548 g/mol. The van der Waals surface area contributed by atoms with Gasteiger partial charge in [0, 0.05) is 35.8 Å². The van der Waals surface area contributed by atoms with Crippen LogP contribution in [-0.4, -0.2) is 50.5 Å². The van der Waals surface area contributed by atoms with Crippen LogP contribution in [0.25, 0.3) is 0 Å². The molecule has 0 aliphatic carbocycles. The minimum atomic E-state index is -4.53. The number of benzene rings is 1. The summed E-state index contributed by atoms with van der Waals surface area (Å²) in [4.78, 5) is 29.5. The fourth-order valence-corrected chi connectivity index (χ4v) is 4.84. The van der Waals surface area contributed by atoms with Gasteiger partial charge in [-0.1, -0.05) is 6.07 Å². The predicted octanol–water partition coefficient (Wildman–Crippen LogP) is 4.81. The molecule has 0 radical (unpaired) electrons. The highest BCUT2D eigenvalue weighted by Crippen LogP contribution is 2.35. The Bertz CT molecular complexity index is 1340. The summed E-state index contributed by atoms with van der Waals surface area (Å²) in [7, 11) is 0. The summed E-state index contributed by atoms with van der Waals surface area (Å²) in [5.74, 6) is 0.356. The van der Waals surface area contributed by atoms with E-state index in [-0.39, 0.29) is 36.2 Å². The maximum Gasteiger partial charge on any atom is 0.416 e. The number of morpholine rings is 1. The number of carbonyl (C=O) groups excluding carboxylic acids is 1. The zero-order valence-corrected chi connectivity index (χ0v) is 21.1. The summed E-state index contributed by atoms with van der Waals surface area (Å²) >= 11 is 6.16. The van der Waals surface area contributed by atoms with Crippen molar-refractivity contribution >= 4 is 29.1 Å². The van der Waals surface area contributed by atoms with E-state index in [1.165, 1.54) is 6.07 Å². The molecule has 3 N–H and O–H groups in total. The van der Waals surface area contributed by atoms with Crippen LogP contribution in [0.4, 0.5) is 29.5 Å². The number of anilines is 2. The molecule has 2 aliphatic heterocycles. The molecule has 1 fully saturated rings. The van der Waals surface area contributed by atoms with Crippen LogP contribution in [0.3, 0.4) is 0 Å². The number of ether oxygens (including phenoxy) is 1. The lowest BCUT2D eigenvalue weighted by Crippen LogP contribution is -2.47. The Morgan fingerprint density at radius 3 is 2.79 bits per heavy atom. The van der Waals surface area contributed by atoms with Crippen molar-refractivity contribution in [2.75, 3.05) is 30.7 Å². The molecule has 2 amide bonds.